The van der Waals surface area contributed by atoms with Gasteiger partial charge in [0.25, 0.3) is 6.71 Å². The highest BCUT2D eigenvalue weighted by Crippen LogP contribution is 2.45. The summed E-state index contributed by atoms with van der Waals surface area (Å²) in [6, 6.07) is 60.7. The minimum absolute atomic E-state index is 0.0741. The highest BCUT2D eigenvalue weighted by molar-refractivity contribution is 7.00. The van der Waals surface area contributed by atoms with Crippen molar-refractivity contribution in [3.05, 3.63) is 164 Å². The van der Waals surface area contributed by atoms with Crippen LogP contribution in [-0.2, 0) is 0 Å². The van der Waals surface area contributed by atoms with Crippen LogP contribution in [-0.4, -0.2) is 19.4 Å². The van der Waals surface area contributed by atoms with Crippen LogP contribution in [0.5, 0.6) is 0 Å². The van der Waals surface area contributed by atoms with Gasteiger partial charge in [0.15, 0.2) is 0 Å². The van der Waals surface area contributed by atoms with Gasteiger partial charge in [0.1, 0.15) is 0 Å². The van der Waals surface area contributed by atoms with Crippen molar-refractivity contribution in [1.29, 1.82) is 0 Å². The molecular formula is C45H36BN3Si. The van der Waals surface area contributed by atoms with E-state index >= 15 is 0 Å². The molecule has 10 rings (SSSR count). The number of para-hydroxylation sites is 5. The van der Waals surface area contributed by atoms with Crippen molar-refractivity contribution in [2.75, 3.05) is 9.80 Å². The third-order valence-corrected chi connectivity index (χ3v) is 12.7. The third kappa shape index (κ3) is 4.23. The van der Waals surface area contributed by atoms with E-state index in [1.807, 2.05) is 0 Å². The molecule has 7 aromatic carbocycles. The number of fused-ring (bicyclic) bond motifs is 7. The smallest absolute Gasteiger partial charge is 0.252 e. The number of benzene rings is 7. The van der Waals surface area contributed by atoms with E-state index in [-0.39, 0.29) is 6.71 Å². The maximum atomic E-state index is 2.55. The molecule has 238 valence electrons. The van der Waals surface area contributed by atoms with E-state index in [9.17, 15) is 0 Å². The average molecular weight is 658 g/mol. The van der Waals surface area contributed by atoms with E-state index < -0.39 is 8.07 Å². The maximum Gasteiger partial charge on any atom is 0.252 e. The molecule has 2 aliphatic heterocycles. The molecule has 2 aliphatic rings. The van der Waals surface area contributed by atoms with Gasteiger partial charge in [-0.2, -0.15) is 0 Å². The van der Waals surface area contributed by atoms with E-state index in [2.05, 4.69) is 198 Å². The molecule has 0 saturated carbocycles. The van der Waals surface area contributed by atoms with Crippen molar-refractivity contribution in [3.63, 3.8) is 0 Å². The molecule has 0 radical (unpaired) electrons. The highest BCUT2D eigenvalue weighted by atomic mass is 28.3. The second-order valence-corrected chi connectivity index (χ2v) is 19.7. The molecule has 0 fully saturated rings. The summed E-state index contributed by atoms with van der Waals surface area (Å²) in [5.41, 5.74) is 15.1. The quantitative estimate of drug-likeness (QED) is 0.175. The Morgan fingerprint density at radius 3 is 1.60 bits per heavy atom. The van der Waals surface area contributed by atoms with E-state index in [1.54, 1.807) is 0 Å². The van der Waals surface area contributed by atoms with Crippen LogP contribution < -0.4 is 31.4 Å². The molecule has 0 unspecified atom stereocenters. The van der Waals surface area contributed by atoms with Crippen molar-refractivity contribution in [2.45, 2.75) is 19.6 Å². The molecule has 1 aromatic heterocycles. The van der Waals surface area contributed by atoms with Gasteiger partial charge in [-0.3, -0.25) is 0 Å². The van der Waals surface area contributed by atoms with Crippen LogP contribution in [0.1, 0.15) is 0 Å². The molecule has 0 aliphatic carbocycles. The molecule has 8 aromatic rings. The minimum Gasteiger partial charge on any atom is -0.311 e. The summed E-state index contributed by atoms with van der Waals surface area (Å²) in [6.45, 7) is 7.47. The van der Waals surface area contributed by atoms with Gasteiger partial charge < -0.3 is 14.4 Å². The third-order valence-electron chi connectivity index (χ3n) is 10.7. The standard InChI is InChI=1S/C45H36BN3Si/c1-50(2,3)34-27-43-45-44(28-34)49(33-21-11-6-12-22-33)42-30-41-36(35-23-13-15-25-39(35)47(41)31-17-7-4-8-18-31)29-38(42)46(45)37-24-14-16-26-40(37)48(43)32-19-9-5-10-20-32/h4-30H,1-3H3. The van der Waals surface area contributed by atoms with Crippen LogP contribution >= 0.6 is 0 Å². The number of nitrogens with zero attached hydrogens (tertiary/aromatic N) is 3. The Morgan fingerprint density at radius 1 is 0.420 bits per heavy atom. The first-order valence-electron chi connectivity index (χ1n) is 17.6. The van der Waals surface area contributed by atoms with Crippen molar-refractivity contribution >= 4 is 92.3 Å². The zero-order chi connectivity index (χ0) is 33.6. The first-order valence-corrected chi connectivity index (χ1v) is 21.1. The van der Waals surface area contributed by atoms with Crippen LogP contribution in [0.4, 0.5) is 34.1 Å². The van der Waals surface area contributed by atoms with Crippen LogP contribution in [0.2, 0.25) is 19.6 Å². The first kappa shape index (κ1) is 29.2. The van der Waals surface area contributed by atoms with E-state index in [1.165, 1.54) is 83.2 Å². The van der Waals surface area contributed by atoms with Crippen molar-refractivity contribution in [2.24, 2.45) is 0 Å². The molecule has 5 heteroatoms. The molecule has 0 bridgehead atoms. The van der Waals surface area contributed by atoms with Crippen LogP contribution in [0, 0.1) is 0 Å². The SMILES string of the molecule is C[Si](C)(C)c1cc2c3c(c1)N(c1ccccc1)c1cc4c(cc1B3c1ccccc1N2c1ccccc1)c1ccccc1n4-c1ccccc1. The molecular weight excluding hydrogens is 621 g/mol. The molecule has 0 saturated heterocycles. The Hall–Kier alpha value is -5.78. The first-order chi connectivity index (χ1) is 24.5. The van der Waals surface area contributed by atoms with E-state index in [4.69, 9.17) is 0 Å². The summed E-state index contributed by atoms with van der Waals surface area (Å²) in [4.78, 5) is 5.07. The summed E-state index contributed by atoms with van der Waals surface area (Å²) in [7, 11) is -1.76. The minimum atomic E-state index is -1.76. The molecule has 3 nitrogen and oxygen atoms in total. The van der Waals surface area contributed by atoms with Crippen molar-refractivity contribution in [1.82, 2.24) is 4.57 Å². The number of hydrogen-bond donors (Lipinski definition) is 0. The van der Waals surface area contributed by atoms with Gasteiger partial charge in [0.2, 0.25) is 0 Å². The van der Waals surface area contributed by atoms with Crippen LogP contribution in [0.25, 0.3) is 27.5 Å². The summed E-state index contributed by atoms with van der Waals surface area (Å²) in [5, 5.41) is 4.01. The Labute approximate surface area is 294 Å². The van der Waals surface area contributed by atoms with E-state index in [0.29, 0.717) is 0 Å². The lowest BCUT2D eigenvalue weighted by Gasteiger charge is -2.45. The maximum absolute atomic E-state index is 2.55. The van der Waals surface area contributed by atoms with Gasteiger partial charge in [-0.1, -0.05) is 122 Å². The fourth-order valence-electron chi connectivity index (χ4n) is 8.41. The van der Waals surface area contributed by atoms with Crippen molar-refractivity contribution < 1.29 is 0 Å². The van der Waals surface area contributed by atoms with Gasteiger partial charge in [-0.15, -0.1) is 0 Å². The lowest BCUT2D eigenvalue weighted by Crippen LogP contribution is -2.62. The van der Waals surface area contributed by atoms with Crippen LogP contribution in [0.3, 0.4) is 0 Å². The predicted octanol–water partition coefficient (Wildman–Crippen LogP) is 9.41. The number of hydrogen-bond acceptors (Lipinski definition) is 2. The fourth-order valence-corrected chi connectivity index (χ4v) is 9.55. The zero-order valence-electron chi connectivity index (χ0n) is 28.5. The summed E-state index contributed by atoms with van der Waals surface area (Å²) >= 11 is 0. The fraction of sp³-hybridized carbons (Fsp3) is 0.0667. The number of anilines is 6. The summed E-state index contributed by atoms with van der Waals surface area (Å²) in [6.07, 6.45) is 0. The Bertz CT molecular complexity index is 2590. The second kappa shape index (κ2) is 10.9. The molecule has 50 heavy (non-hydrogen) atoms. The number of aromatic nitrogens is 1. The number of rotatable bonds is 4. The van der Waals surface area contributed by atoms with Gasteiger partial charge in [0, 0.05) is 50.6 Å². The Kier molecular flexibility index (Phi) is 6.34. The Morgan fingerprint density at radius 2 is 0.960 bits per heavy atom. The lowest BCUT2D eigenvalue weighted by atomic mass is 9.33. The predicted molar refractivity (Wildman–Crippen MR) is 218 cm³/mol. The zero-order valence-corrected chi connectivity index (χ0v) is 29.5. The molecule has 0 N–H and O–H groups in total. The molecule has 0 atom stereocenters. The monoisotopic (exact) mass is 657 g/mol. The van der Waals surface area contributed by atoms with Crippen molar-refractivity contribution in [3.8, 4) is 5.69 Å². The average Bonchev–Trinajstić information content (AvgIpc) is 3.47. The largest absolute Gasteiger partial charge is 0.311 e. The van der Waals surface area contributed by atoms with Crippen LogP contribution in [0.15, 0.2) is 164 Å². The van der Waals surface area contributed by atoms with E-state index in [0.717, 1.165) is 0 Å². The molecule has 3 heterocycles. The molecule has 0 amide bonds. The Balaban J connectivity index is 1.37. The lowest BCUT2D eigenvalue weighted by molar-refractivity contribution is 1.18. The van der Waals surface area contributed by atoms with Gasteiger partial charge >= 0.3 is 0 Å². The molecule has 0 spiro atoms. The van der Waals surface area contributed by atoms with Gasteiger partial charge in [-0.05, 0) is 83.1 Å². The van der Waals surface area contributed by atoms with Gasteiger partial charge in [-0.25, -0.2) is 0 Å². The highest BCUT2D eigenvalue weighted by Gasteiger charge is 2.44. The second-order valence-electron chi connectivity index (χ2n) is 14.6. The van der Waals surface area contributed by atoms with Gasteiger partial charge in [0.05, 0.1) is 19.1 Å². The topological polar surface area (TPSA) is 11.4 Å². The summed E-state index contributed by atoms with van der Waals surface area (Å²) in [5.74, 6) is 0. The normalized spacial score (nSPS) is 13.4. The summed E-state index contributed by atoms with van der Waals surface area (Å²) < 4.78 is 2.44.